The molecule has 0 bridgehead atoms. The Morgan fingerprint density at radius 3 is 2.58 bits per heavy atom. The monoisotopic (exact) mass is 366 g/mol. The molecule has 7 heteroatoms. The van der Waals surface area contributed by atoms with Crippen LogP contribution in [-0.4, -0.2) is 54.5 Å². The molecule has 0 saturated carbocycles. The van der Waals surface area contributed by atoms with Gasteiger partial charge in [0.1, 0.15) is 6.04 Å². The van der Waals surface area contributed by atoms with Crippen LogP contribution in [0.1, 0.15) is 31.7 Å². The van der Waals surface area contributed by atoms with Gasteiger partial charge in [-0.1, -0.05) is 6.07 Å². The summed E-state index contributed by atoms with van der Waals surface area (Å²) in [6.07, 6.45) is 2.12. The van der Waals surface area contributed by atoms with E-state index in [-0.39, 0.29) is 23.3 Å². The minimum absolute atomic E-state index is 0.0456. The van der Waals surface area contributed by atoms with E-state index in [0.29, 0.717) is 25.1 Å². The second kappa shape index (κ2) is 7.31. The topological polar surface area (TPSA) is 49.9 Å². The zero-order chi connectivity index (χ0) is 18.9. The van der Waals surface area contributed by atoms with Gasteiger partial charge in [-0.3, -0.25) is 14.5 Å². The summed E-state index contributed by atoms with van der Waals surface area (Å²) in [5.74, 6) is -1.98. The number of likely N-dealkylation sites (tertiary alicyclic amines) is 2. The van der Waals surface area contributed by atoms with Gasteiger partial charge in [-0.15, -0.1) is 0 Å². The summed E-state index contributed by atoms with van der Waals surface area (Å²) in [6.45, 7) is 4.22. The van der Waals surface area contributed by atoms with Crippen LogP contribution in [-0.2, 0) is 20.9 Å². The summed E-state index contributed by atoms with van der Waals surface area (Å²) in [7, 11) is 1.38. The highest BCUT2D eigenvalue weighted by molar-refractivity contribution is 5.79. The number of carbonyl (C=O) groups is 2. The highest BCUT2D eigenvalue weighted by Gasteiger charge is 2.45. The van der Waals surface area contributed by atoms with E-state index in [1.807, 2.05) is 6.92 Å². The summed E-state index contributed by atoms with van der Waals surface area (Å²) < 4.78 is 31.3. The normalized spacial score (nSPS) is 21.2. The number of hydrogen-bond donors (Lipinski definition) is 0. The average molecular weight is 366 g/mol. The number of methoxy groups -OCH3 is 1. The minimum Gasteiger partial charge on any atom is -0.468 e. The fraction of sp³-hybridized carbons (Fsp3) is 0.579. The van der Waals surface area contributed by atoms with Crippen LogP contribution in [0.15, 0.2) is 18.2 Å². The van der Waals surface area contributed by atoms with Gasteiger partial charge in [-0.25, -0.2) is 8.78 Å². The fourth-order valence-corrected chi connectivity index (χ4v) is 4.02. The van der Waals surface area contributed by atoms with Gasteiger partial charge in [0.25, 0.3) is 0 Å². The van der Waals surface area contributed by atoms with Crippen LogP contribution in [0.4, 0.5) is 8.78 Å². The predicted molar refractivity (Wildman–Crippen MR) is 91.1 cm³/mol. The van der Waals surface area contributed by atoms with Gasteiger partial charge < -0.3 is 9.64 Å². The number of benzene rings is 1. The van der Waals surface area contributed by atoms with Crippen molar-refractivity contribution in [3.05, 3.63) is 35.4 Å². The Morgan fingerprint density at radius 2 is 1.96 bits per heavy atom. The van der Waals surface area contributed by atoms with E-state index in [4.69, 9.17) is 4.74 Å². The van der Waals surface area contributed by atoms with E-state index in [1.54, 1.807) is 4.90 Å². The van der Waals surface area contributed by atoms with Crippen molar-refractivity contribution in [2.24, 2.45) is 5.41 Å². The van der Waals surface area contributed by atoms with Crippen molar-refractivity contribution in [3.63, 3.8) is 0 Å². The number of nitrogens with zero attached hydrogens (tertiary/aromatic N) is 2. The Hall–Kier alpha value is -2.02. The van der Waals surface area contributed by atoms with Crippen LogP contribution in [0.3, 0.4) is 0 Å². The highest BCUT2D eigenvalue weighted by Crippen LogP contribution is 2.41. The van der Waals surface area contributed by atoms with E-state index in [9.17, 15) is 18.4 Å². The van der Waals surface area contributed by atoms with E-state index >= 15 is 0 Å². The molecular formula is C19H24F2N2O3. The maximum absolute atomic E-state index is 13.4. The largest absolute Gasteiger partial charge is 0.468 e. The lowest BCUT2D eigenvalue weighted by atomic mass is 9.77. The van der Waals surface area contributed by atoms with Gasteiger partial charge in [0, 0.05) is 19.5 Å². The summed E-state index contributed by atoms with van der Waals surface area (Å²) in [5, 5.41) is 0. The molecule has 0 unspecified atom stereocenters. The molecule has 3 rings (SSSR count). The molecule has 1 aromatic rings. The molecule has 0 aromatic heterocycles. The van der Waals surface area contributed by atoms with Crippen molar-refractivity contribution in [1.29, 1.82) is 0 Å². The second-order valence-electron chi connectivity index (χ2n) is 7.41. The molecule has 2 fully saturated rings. The molecule has 2 heterocycles. The van der Waals surface area contributed by atoms with Crippen molar-refractivity contribution in [2.45, 2.75) is 38.8 Å². The van der Waals surface area contributed by atoms with Gasteiger partial charge in [-0.05, 0) is 56.0 Å². The van der Waals surface area contributed by atoms with Crippen LogP contribution in [0.5, 0.6) is 0 Å². The molecular weight excluding hydrogens is 342 g/mol. The molecule has 142 valence electrons. The third-order valence-electron chi connectivity index (χ3n) is 5.71. The maximum Gasteiger partial charge on any atom is 0.322 e. The van der Waals surface area contributed by atoms with Crippen LogP contribution < -0.4 is 0 Å². The first-order valence-electron chi connectivity index (χ1n) is 8.87. The standard InChI is InChI=1S/C19H24F2N2O3/c1-13(18(25)26-2)22-7-5-19(6-8-22)10-17(24)23(12-19)11-14-3-4-15(20)16(21)9-14/h3-4,9,13H,5-8,10-12H2,1-2H3/t13-/m1/s1. The van der Waals surface area contributed by atoms with Crippen LogP contribution in [0.25, 0.3) is 0 Å². The summed E-state index contributed by atoms with van der Waals surface area (Å²) in [6, 6.07) is 3.46. The molecule has 2 aliphatic heterocycles. The third-order valence-corrected chi connectivity index (χ3v) is 5.71. The number of carbonyl (C=O) groups excluding carboxylic acids is 2. The van der Waals surface area contributed by atoms with E-state index < -0.39 is 11.6 Å². The summed E-state index contributed by atoms with van der Waals surface area (Å²) in [5.41, 5.74) is 0.494. The quantitative estimate of drug-likeness (QED) is 0.768. The molecule has 2 saturated heterocycles. The van der Waals surface area contributed by atoms with Crippen molar-refractivity contribution in [2.75, 3.05) is 26.7 Å². The zero-order valence-electron chi connectivity index (χ0n) is 15.1. The van der Waals surface area contributed by atoms with Crippen molar-refractivity contribution >= 4 is 11.9 Å². The van der Waals surface area contributed by atoms with Gasteiger partial charge in [0.15, 0.2) is 11.6 Å². The lowest BCUT2D eigenvalue weighted by Crippen LogP contribution is -2.48. The Labute approximate surface area is 151 Å². The first kappa shape index (κ1) is 18.8. The Balaban J connectivity index is 1.61. The lowest BCUT2D eigenvalue weighted by molar-refractivity contribution is -0.147. The average Bonchev–Trinajstić information content (AvgIpc) is 2.92. The Bertz CT molecular complexity index is 702. The molecule has 1 aromatic carbocycles. The smallest absolute Gasteiger partial charge is 0.322 e. The molecule has 1 atom stereocenters. The fourth-order valence-electron chi connectivity index (χ4n) is 4.02. The first-order valence-corrected chi connectivity index (χ1v) is 8.87. The van der Waals surface area contributed by atoms with Crippen molar-refractivity contribution in [1.82, 2.24) is 9.80 Å². The second-order valence-corrected chi connectivity index (χ2v) is 7.41. The maximum atomic E-state index is 13.4. The molecule has 5 nitrogen and oxygen atoms in total. The van der Waals surface area contributed by atoms with Crippen LogP contribution >= 0.6 is 0 Å². The van der Waals surface area contributed by atoms with Gasteiger partial charge in [0.05, 0.1) is 7.11 Å². The highest BCUT2D eigenvalue weighted by atomic mass is 19.2. The lowest BCUT2D eigenvalue weighted by Gasteiger charge is -2.40. The SMILES string of the molecule is COC(=O)[C@@H](C)N1CCC2(CC1)CC(=O)N(Cc1ccc(F)c(F)c1)C2. The van der Waals surface area contributed by atoms with Gasteiger partial charge in [0.2, 0.25) is 5.91 Å². The minimum atomic E-state index is -0.894. The van der Waals surface area contributed by atoms with Crippen LogP contribution in [0.2, 0.25) is 0 Å². The zero-order valence-corrected chi connectivity index (χ0v) is 15.1. The number of hydrogen-bond acceptors (Lipinski definition) is 4. The van der Waals surface area contributed by atoms with Gasteiger partial charge in [-0.2, -0.15) is 0 Å². The molecule has 2 aliphatic rings. The number of halogens is 2. The Kier molecular flexibility index (Phi) is 5.27. The third kappa shape index (κ3) is 3.72. The number of piperidine rings is 1. The summed E-state index contributed by atoms with van der Waals surface area (Å²) >= 11 is 0. The van der Waals surface area contributed by atoms with Crippen LogP contribution in [0, 0.1) is 17.0 Å². The predicted octanol–water partition coefficient (Wildman–Crippen LogP) is 2.34. The van der Waals surface area contributed by atoms with Crippen molar-refractivity contribution < 1.29 is 23.1 Å². The van der Waals surface area contributed by atoms with Gasteiger partial charge >= 0.3 is 5.97 Å². The molecule has 0 N–H and O–H groups in total. The molecule has 26 heavy (non-hydrogen) atoms. The number of ether oxygens (including phenoxy) is 1. The van der Waals surface area contributed by atoms with E-state index in [1.165, 1.54) is 13.2 Å². The molecule has 0 aliphatic carbocycles. The Morgan fingerprint density at radius 1 is 1.27 bits per heavy atom. The van der Waals surface area contributed by atoms with E-state index in [0.717, 1.165) is 38.1 Å². The molecule has 1 spiro atoms. The number of rotatable bonds is 4. The number of amides is 1. The van der Waals surface area contributed by atoms with E-state index in [2.05, 4.69) is 4.90 Å². The summed E-state index contributed by atoms with van der Waals surface area (Å²) in [4.78, 5) is 28.0. The number of esters is 1. The van der Waals surface area contributed by atoms with Crippen molar-refractivity contribution in [3.8, 4) is 0 Å². The molecule has 0 radical (unpaired) electrons. The first-order chi connectivity index (χ1) is 12.3. The molecule has 1 amide bonds.